The maximum Gasteiger partial charge on any atom is 0.122 e. The summed E-state index contributed by atoms with van der Waals surface area (Å²) >= 11 is 0. The van der Waals surface area contributed by atoms with E-state index in [9.17, 15) is 5.11 Å². The van der Waals surface area contributed by atoms with E-state index >= 15 is 0 Å². The van der Waals surface area contributed by atoms with Crippen LogP contribution in [0, 0.1) is 52.3 Å². The lowest BCUT2D eigenvalue weighted by Gasteiger charge is -2.61. The predicted octanol–water partition coefficient (Wildman–Crippen LogP) is 5.37. The molecule has 6 rings (SSSR count). The van der Waals surface area contributed by atoms with Crippen LogP contribution in [0.1, 0.15) is 91.9 Å². The molecule has 0 radical (unpaired) electrons. The van der Waals surface area contributed by atoms with Crippen LogP contribution in [0.3, 0.4) is 0 Å². The Kier molecular flexibility index (Phi) is 4.58. The molecule has 30 heavy (non-hydrogen) atoms. The molecule has 2 heterocycles. The summed E-state index contributed by atoms with van der Waals surface area (Å²) in [7, 11) is 0. The molecule has 0 unspecified atom stereocenters. The van der Waals surface area contributed by atoms with Gasteiger partial charge in [0.1, 0.15) is 5.72 Å². The smallest absolute Gasteiger partial charge is 0.122 e. The second kappa shape index (κ2) is 6.70. The normalized spacial score (nSPS) is 62.5. The highest BCUT2D eigenvalue weighted by atomic mass is 16.5. The van der Waals surface area contributed by atoms with Crippen molar-refractivity contribution in [2.24, 2.45) is 52.3 Å². The highest BCUT2D eigenvalue weighted by molar-refractivity contribution is 5.16. The molecule has 0 bridgehead atoms. The lowest BCUT2D eigenvalue weighted by molar-refractivity contribution is -0.140. The minimum atomic E-state index is -0.0320. The zero-order valence-corrected chi connectivity index (χ0v) is 19.8. The van der Waals surface area contributed by atoms with E-state index in [0.717, 1.165) is 54.9 Å². The summed E-state index contributed by atoms with van der Waals surface area (Å²) in [6.07, 6.45) is 13.2. The van der Waals surface area contributed by atoms with Gasteiger partial charge >= 0.3 is 0 Å². The Balaban J connectivity index is 1.26. The summed E-state index contributed by atoms with van der Waals surface area (Å²) < 4.78 is 7.01. The number of aliphatic hydroxyl groups is 1. The van der Waals surface area contributed by atoms with Gasteiger partial charge in [-0.3, -0.25) is 5.32 Å². The van der Waals surface area contributed by atoms with Gasteiger partial charge in [-0.2, -0.15) is 0 Å². The van der Waals surface area contributed by atoms with Crippen molar-refractivity contribution in [3.63, 3.8) is 0 Å². The third kappa shape index (κ3) is 2.61. The van der Waals surface area contributed by atoms with E-state index in [1.54, 1.807) is 0 Å². The van der Waals surface area contributed by atoms with Crippen molar-refractivity contribution in [2.75, 3.05) is 6.54 Å². The topological polar surface area (TPSA) is 41.5 Å². The molecule has 0 amide bonds. The van der Waals surface area contributed by atoms with Crippen LogP contribution in [0.15, 0.2) is 0 Å². The summed E-state index contributed by atoms with van der Waals surface area (Å²) in [6.45, 7) is 11.3. The lowest BCUT2D eigenvalue weighted by Crippen LogP contribution is -2.57. The summed E-state index contributed by atoms with van der Waals surface area (Å²) in [5.41, 5.74) is 0.919. The Morgan fingerprint density at radius 3 is 2.43 bits per heavy atom. The zero-order chi connectivity index (χ0) is 20.9. The molecule has 3 nitrogen and oxygen atoms in total. The van der Waals surface area contributed by atoms with E-state index in [0.29, 0.717) is 22.9 Å². The average molecular weight is 416 g/mol. The SMILES string of the molecule is C[C@@H]1CC[C@]2(NC1)O[C@H]1C[C@H]3[C@@H]4CC[C@H]5C[C@@H](O)CC[C@]5(C)[C@H]4CC[C@]3(C)[C@H]1[C@@H]2C. The molecule has 2 saturated heterocycles. The minimum Gasteiger partial charge on any atom is -0.393 e. The van der Waals surface area contributed by atoms with E-state index in [1.165, 1.54) is 51.4 Å². The maximum absolute atomic E-state index is 10.3. The van der Waals surface area contributed by atoms with Crippen LogP contribution < -0.4 is 5.32 Å². The first kappa shape index (κ1) is 20.5. The highest BCUT2D eigenvalue weighted by Crippen LogP contribution is 2.71. The molecule has 6 fully saturated rings. The van der Waals surface area contributed by atoms with E-state index < -0.39 is 0 Å². The molecular weight excluding hydrogens is 370 g/mol. The van der Waals surface area contributed by atoms with Gasteiger partial charge in [-0.05, 0) is 111 Å². The molecule has 0 aromatic carbocycles. The Morgan fingerprint density at radius 1 is 0.867 bits per heavy atom. The van der Waals surface area contributed by atoms with Gasteiger partial charge in [0.2, 0.25) is 0 Å². The van der Waals surface area contributed by atoms with Gasteiger partial charge < -0.3 is 9.84 Å². The summed E-state index contributed by atoms with van der Waals surface area (Å²) in [4.78, 5) is 0. The molecule has 0 aromatic heterocycles. The third-order valence-electron chi connectivity index (χ3n) is 12.1. The number of nitrogens with one attached hydrogen (secondary N) is 1. The number of piperidine rings is 1. The molecule has 12 atom stereocenters. The highest BCUT2D eigenvalue weighted by Gasteiger charge is 2.68. The number of fused-ring (bicyclic) bond motifs is 7. The second-order valence-electron chi connectivity index (χ2n) is 13.3. The van der Waals surface area contributed by atoms with Crippen LogP contribution in [0.2, 0.25) is 0 Å². The van der Waals surface area contributed by atoms with E-state index in [1.807, 2.05) is 0 Å². The Bertz CT molecular complexity index is 686. The number of aliphatic hydroxyl groups excluding tert-OH is 1. The standard InChI is InChI=1S/C27H45NO2/c1-16-7-12-27(28-15-16)17(2)24-23(30-27)14-22-20-6-5-18-13-19(29)8-10-25(18,3)21(20)9-11-26(22,24)4/h16-24,28-29H,5-15H2,1-4H3/t16-,17+,18+,19+,20-,21+,22+,23+,24+,25+,26+,27+/m1/s1. The molecule has 2 aliphatic heterocycles. The van der Waals surface area contributed by atoms with Gasteiger partial charge in [0.25, 0.3) is 0 Å². The van der Waals surface area contributed by atoms with Crippen molar-refractivity contribution in [3.05, 3.63) is 0 Å². The van der Waals surface area contributed by atoms with Crippen LogP contribution >= 0.6 is 0 Å². The van der Waals surface area contributed by atoms with Gasteiger partial charge in [0, 0.05) is 12.5 Å². The van der Waals surface area contributed by atoms with Crippen LogP contribution in [-0.4, -0.2) is 29.6 Å². The van der Waals surface area contributed by atoms with E-state index in [-0.39, 0.29) is 11.8 Å². The second-order valence-corrected chi connectivity index (χ2v) is 13.3. The number of ether oxygens (including phenoxy) is 1. The van der Waals surface area contributed by atoms with Crippen molar-refractivity contribution in [3.8, 4) is 0 Å². The Morgan fingerprint density at radius 2 is 1.67 bits per heavy atom. The van der Waals surface area contributed by atoms with Gasteiger partial charge in [0.15, 0.2) is 0 Å². The number of rotatable bonds is 0. The average Bonchev–Trinajstić information content (AvgIpc) is 3.16. The van der Waals surface area contributed by atoms with Gasteiger partial charge in [-0.1, -0.05) is 27.7 Å². The zero-order valence-electron chi connectivity index (χ0n) is 19.8. The van der Waals surface area contributed by atoms with Crippen LogP contribution in [0.25, 0.3) is 0 Å². The molecule has 2 N–H and O–H groups in total. The van der Waals surface area contributed by atoms with Gasteiger partial charge in [-0.25, -0.2) is 0 Å². The molecule has 170 valence electrons. The molecule has 6 aliphatic rings. The quantitative estimate of drug-likeness (QED) is 0.559. The first-order chi connectivity index (χ1) is 14.3. The van der Waals surface area contributed by atoms with E-state index in [2.05, 4.69) is 33.0 Å². The van der Waals surface area contributed by atoms with Crippen molar-refractivity contribution >= 4 is 0 Å². The summed E-state index contributed by atoms with van der Waals surface area (Å²) in [6, 6.07) is 0. The Hall–Kier alpha value is -0.120. The Labute approximate surface area is 184 Å². The molecule has 0 aromatic rings. The predicted molar refractivity (Wildman–Crippen MR) is 120 cm³/mol. The van der Waals surface area contributed by atoms with Gasteiger partial charge in [-0.15, -0.1) is 0 Å². The third-order valence-corrected chi connectivity index (χ3v) is 12.1. The fourth-order valence-corrected chi connectivity index (χ4v) is 10.4. The molecule has 1 spiro atoms. The van der Waals surface area contributed by atoms with Crippen molar-refractivity contribution in [2.45, 2.75) is 110 Å². The first-order valence-corrected chi connectivity index (χ1v) is 13.4. The molecule has 4 saturated carbocycles. The van der Waals surface area contributed by atoms with Crippen molar-refractivity contribution in [1.29, 1.82) is 0 Å². The molecule has 3 heteroatoms. The fraction of sp³-hybridized carbons (Fsp3) is 1.00. The van der Waals surface area contributed by atoms with Crippen LogP contribution in [-0.2, 0) is 4.74 Å². The first-order valence-electron chi connectivity index (χ1n) is 13.4. The van der Waals surface area contributed by atoms with Crippen LogP contribution in [0.5, 0.6) is 0 Å². The maximum atomic E-state index is 10.3. The molecule has 4 aliphatic carbocycles. The fourth-order valence-electron chi connectivity index (χ4n) is 10.4. The minimum absolute atomic E-state index is 0.0319. The monoisotopic (exact) mass is 415 g/mol. The van der Waals surface area contributed by atoms with Crippen LogP contribution in [0.4, 0.5) is 0 Å². The lowest BCUT2D eigenvalue weighted by atomic mass is 9.44. The summed E-state index contributed by atoms with van der Waals surface area (Å²) in [5.74, 6) is 5.57. The summed E-state index contributed by atoms with van der Waals surface area (Å²) in [5, 5.41) is 14.2. The van der Waals surface area contributed by atoms with Crippen molar-refractivity contribution in [1.82, 2.24) is 5.32 Å². The number of hydrogen-bond donors (Lipinski definition) is 2. The molecular formula is C27H45NO2. The van der Waals surface area contributed by atoms with Gasteiger partial charge in [0.05, 0.1) is 12.2 Å². The largest absolute Gasteiger partial charge is 0.393 e. The van der Waals surface area contributed by atoms with Crippen molar-refractivity contribution < 1.29 is 9.84 Å². The number of hydrogen-bond acceptors (Lipinski definition) is 3. The van der Waals surface area contributed by atoms with E-state index in [4.69, 9.17) is 4.74 Å².